The Labute approximate surface area is 140 Å². The highest BCUT2D eigenvalue weighted by atomic mass is 35.5. The minimum Gasteiger partial charge on any atom is -0.469 e. The van der Waals surface area contributed by atoms with E-state index in [4.69, 9.17) is 11.6 Å². The SMILES string of the molecule is COC(=O)CC(C)NC(=O)CCCNC(=O)c1ccc(Cl)cc1. The van der Waals surface area contributed by atoms with Crippen molar-refractivity contribution in [3.8, 4) is 0 Å². The van der Waals surface area contributed by atoms with Crippen LogP contribution in [0.2, 0.25) is 5.02 Å². The first-order valence-corrected chi connectivity index (χ1v) is 7.70. The van der Waals surface area contributed by atoms with Gasteiger partial charge in [0.2, 0.25) is 5.91 Å². The summed E-state index contributed by atoms with van der Waals surface area (Å²) in [6.07, 6.45) is 0.915. The zero-order valence-electron chi connectivity index (χ0n) is 13.2. The standard InChI is InChI=1S/C16H21ClN2O4/c1-11(10-15(21)23-2)19-14(20)4-3-9-18-16(22)12-5-7-13(17)8-6-12/h5-8,11H,3-4,9-10H2,1-2H3,(H,18,22)(H,19,20). The molecule has 1 atom stereocenters. The number of carbonyl (C=O) groups excluding carboxylic acids is 3. The summed E-state index contributed by atoms with van der Waals surface area (Å²) in [6, 6.07) is 6.29. The average molecular weight is 341 g/mol. The van der Waals surface area contributed by atoms with Gasteiger partial charge in [0.15, 0.2) is 0 Å². The van der Waals surface area contributed by atoms with Crippen molar-refractivity contribution in [2.75, 3.05) is 13.7 Å². The molecule has 0 aromatic heterocycles. The summed E-state index contributed by atoms with van der Waals surface area (Å²) in [4.78, 5) is 34.6. The van der Waals surface area contributed by atoms with Crippen molar-refractivity contribution in [3.63, 3.8) is 0 Å². The predicted molar refractivity (Wildman–Crippen MR) is 87.3 cm³/mol. The van der Waals surface area contributed by atoms with Crippen LogP contribution < -0.4 is 10.6 Å². The number of amides is 2. The topological polar surface area (TPSA) is 84.5 Å². The molecule has 1 unspecified atom stereocenters. The second-order valence-electron chi connectivity index (χ2n) is 5.12. The van der Waals surface area contributed by atoms with Crippen LogP contribution in [0.25, 0.3) is 0 Å². The van der Waals surface area contributed by atoms with Gasteiger partial charge >= 0.3 is 5.97 Å². The van der Waals surface area contributed by atoms with E-state index in [1.54, 1.807) is 31.2 Å². The minimum atomic E-state index is -0.368. The molecule has 7 heteroatoms. The molecule has 0 saturated heterocycles. The Balaban J connectivity index is 2.21. The number of hydrogen-bond donors (Lipinski definition) is 2. The minimum absolute atomic E-state index is 0.134. The Kier molecular flexibility index (Phi) is 8.11. The van der Waals surface area contributed by atoms with Crippen LogP contribution in [0.15, 0.2) is 24.3 Å². The molecule has 1 aromatic rings. The van der Waals surface area contributed by atoms with Crippen LogP contribution in [0.1, 0.15) is 36.5 Å². The maximum atomic E-state index is 11.8. The molecule has 0 radical (unpaired) electrons. The maximum Gasteiger partial charge on any atom is 0.307 e. The van der Waals surface area contributed by atoms with E-state index in [2.05, 4.69) is 15.4 Å². The molecule has 6 nitrogen and oxygen atoms in total. The summed E-state index contributed by atoms with van der Waals surface area (Å²) < 4.78 is 4.53. The highest BCUT2D eigenvalue weighted by molar-refractivity contribution is 6.30. The van der Waals surface area contributed by atoms with Crippen molar-refractivity contribution in [2.24, 2.45) is 0 Å². The monoisotopic (exact) mass is 340 g/mol. The van der Waals surface area contributed by atoms with Gasteiger partial charge in [-0.2, -0.15) is 0 Å². The Bertz CT molecular complexity index is 546. The van der Waals surface area contributed by atoms with Crippen LogP contribution >= 0.6 is 11.6 Å². The second-order valence-corrected chi connectivity index (χ2v) is 5.55. The summed E-state index contributed by atoms with van der Waals surface area (Å²) in [5.41, 5.74) is 0.519. The number of rotatable bonds is 8. The van der Waals surface area contributed by atoms with Crippen LogP contribution in [-0.4, -0.2) is 37.5 Å². The number of esters is 1. The van der Waals surface area contributed by atoms with Crippen molar-refractivity contribution in [3.05, 3.63) is 34.9 Å². The number of carbonyl (C=O) groups is 3. The first-order chi connectivity index (χ1) is 10.9. The number of benzene rings is 1. The number of hydrogen-bond acceptors (Lipinski definition) is 4. The summed E-state index contributed by atoms with van der Waals surface area (Å²) >= 11 is 5.76. The van der Waals surface area contributed by atoms with E-state index < -0.39 is 0 Å². The van der Waals surface area contributed by atoms with E-state index in [0.717, 1.165) is 0 Å². The Morgan fingerprint density at radius 3 is 2.48 bits per heavy atom. The Morgan fingerprint density at radius 1 is 1.22 bits per heavy atom. The normalized spacial score (nSPS) is 11.4. The van der Waals surface area contributed by atoms with Gasteiger partial charge in [-0.3, -0.25) is 14.4 Å². The quantitative estimate of drug-likeness (QED) is 0.559. The summed E-state index contributed by atoms with van der Waals surface area (Å²) in [5, 5.41) is 6.01. The van der Waals surface area contributed by atoms with Gasteiger partial charge in [0.25, 0.3) is 5.91 Å². The molecule has 0 heterocycles. The molecule has 0 fully saturated rings. The zero-order valence-corrected chi connectivity index (χ0v) is 14.0. The number of ether oxygens (including phenoxy) is 1. The molecule has 1 aromatic carbocycles. The molecule has 2 amide bonds. The molecule has 23 heavy (non-hydrogen) atoms. The molecule has 2 N–H and O–H groups in total. The molecule has 0 spiro atoms. The largest absolute Gasteiger partial charge is 0.469 e. The van der Waals surface area contributed by atoms with E-state index in [1.165, 1.54) is 7.11 Å². The summed E-state index contributed by atoms with van der Waals surface area (Å²) in [7, 11) is 1.31. The van der Waals surface area contributed by atoms with Crippen molar-refractivity contribution in [1.29, 1.82) is 0 Å². The molecular weight excluding hydrogens is 320 g/mol. The fraction of sp³-hybridized carbons (Fsp3) is 0.438. The van der Waals surface area contributed by atoms with Gasteiger partial charge in [-0.05, 0) is 37.6 Å². The predicted octanol–water partition coefficient (Wildman–Crippen LogP) is 1.92. The van der Waals surface area contributed by atoms with E-state index in [1.807, 2.05) is 0 Å². The molecule has 0 bridgehead atoms. The molecule has 0 saturated carbocycles. The van der Waals surface area contributed by atoms with Crippen LogP contribution in [0.4, 0.5) is 0 Å². The Hall–Kier alpha value is -2.08. The number of nitrogens with one attached hydrogen (secondary N) is 2. The van der Waals surface area contributed by atoms with Crippen LogP contribution in [0.5, 0.6) is 0 Å². The zero-order chi connectivity index (χ0) is 17.2. The lowest BCUT2D eigenvalue weighted by Crippen LogP contribution is -2.35. The summed E-state index contributed by atoms with van der Waals surface area (Å²) in [5.74, 6) is -0.740. The fourth-order valence-electron chi connectivity index (χ4n) is 1.89. The highest BCUT2D eigenvalue weighted by Gasteiger charge is 2.12. The lowest BCUT2D eigenvalue weighted by Gasteiger charge is -2.12. The molecule has 1 rings (SSSR count). The van der Waals surface area contributed by atoms with E-state index in [0.29, 0.717) is 23.6 Å². The maximum absolute atomic E-state index is 11.8. The smallest absolute Gasteiger partial charge is 0.307 e. The van der Waals surface area contributed by atoms with Crippen molar-refractivity contribution < 1.29 is 19.1 Å². The molecule has 0 aliphatic carbocycles. The molecule has 126 valence electrons. The van der Waals surface area contributed by atoms with Gasteiger partial charge in [0.05, 0.1) is 13.5 Å². The third-order valence-electron chi connectivity index (χ3n) is 3.08. The number of halogens is 1. The van der Waals surface area contributed by atoms with E-state index >= 15 is 0 Å². The molecular formula is C16H21ClN2O4. The summed E-state index contributed by atoms with van der Waals surface area (Å²) in [6.45, 7) is 2.12. The van der Waals surface area contributed by atoms with Gasteiger partial charge < -0.3 is 15.4 Å². The lowest BCUT2D eigenvalue weighted by atomic mass is 10.2. The first-order valence-electron chi connectivity index (χ1n) is 7.32. The molecule has 0 aliphatic rings. The van der Waals surface area contributed by atoms with Crippen LogP contribution in [0, 0.1) is 0 Å². The Morgan fingerprint density at radius 2 is 1.87 bits per heavy atom. The first kappa shape index (κ1) is 19.0. The second kappa shape index (κ2) is 9.84. The lowest BCUT2D eigenvalue weighted by molar-refractivity contribution is -0.141. The molecule has 0 aliphatic heterocycles. The van der Waals surface area contributed by atoms with Gasteiger partial charge in [0.1, 0.15) is 0 Å². The fourth-order valence-corrected chi connectivity index (χ4v) is 2.01. The van der Waals surface area contributed by atoms with Gasteiger partial charge in [-0.1, -0.05) is 11.6 Å². The number of methoxy groups -OCH3 is 1. The van der Waals surface area contributed by atoms with Crippen LogP contribution in [-0.2, 0) is 14.3 Å². The third kappa shape index (κ3) is 7.65. The van der Waals surface area contributed by atoms with Gasteiger partial charge in [0, 0.05) is 29.6 Å². The van der Waals surface area contributed by atoms with Crippen LogP contribution in [0.3, 0.4) is 0 Å². The van der Waals surface area contributed by atoms with Crippen molar-refractivity contribution >= 4 is 29.4 Å². The van der Waals surface area contributed by atoms with E-state index in [-0.39, 0.29) is 36.7 Å². The van der Waals surface area contributed by atoms with Gasteiger partial charge in [-0.25, -0.2) is 0 Å². The van der Waals surface area contributed by atoms with Crippen molar-refractivity contribution in [1.82, 2.24) is 10.6 Å². The van der Waals surface area contributed by atoms with Gasteiger partial charge in [-0.15, -0.1) is 0 Å². The van der Waals surface area contributed by atoms with Crippen molar-refractivity contribution in [2.45, 2.75) is 32.2 Å². The highest BCUT2D eigenvalue weighted by Crippen LogP contribution is 2.09. The van der Waals surface area contributed by atoms with E-state index in [9.17, 15) is 14.4 Å². The average Bonchev–Trinajstić information content (AvgIpc) is 2.51. The third-order valence-corrected chi connectivity index (χ3v) is 3.33.